The average Bonchev–Trinajstić information content (AvgIpc) is 2.88. The number of carbonyl (C=O) groups is 1. The Labute approximate surface area is 112 Å². The van der Waals surface area contributed by atoms with Crippen LogP contribution < -0.4 is 4.74 Å². The predicted octanol–water partition coefficient (Wildman–Crippen LogP) is 1.93. The maximum Gasteiger partial charge on any atom is 0.303 e. The molecule has 5 heteroatoms. The molecule has 1 aliphatic rings. The molecule has 5 nitrogen and oxygen atoms in total. The summed E-state index contributed by atoms with van der Waals surface area (Å²) >= 11 is 0. The Balaban J connectivity index is 2.29. The molecule has 0 bridgehead atoms. The molecule has 1 N–H and O–H groups in total. The van der Waals surface area contributed by atoms with Crippen LogP contribution in [0.5, 0.6) is 5.75 Å². The number of methoxy groups -OCH3 is 2. The third-order valence-electron chi connectivity index (χ3n) is 3.46. The van der Waals surface area contributed by atoms with Gasteiger partial charge in [-0.05, 0) is 23.8 Å². The average molecular weight is 266 g/mol. The molecule has 0 radical (unpaired) electrons. The van der Waals surface area contributed by atoms with E-state index >= 15 is 0 Å². The lowest BCUT2D eigenvalue weighted by atomic mass is 9.97. The van der Waals surface area contributed by atoms with Gasteiger partial charge in [0.15, 0.2) is 5.79 Å². The van der Waals surface area contributed by atoms with Crippen molar-refractivity contribution in [1.29, 1.82) is 0 Å². The van der Waals surface area contributed by atoms with Gasteiger partial charge in [0.25, 0.3) is 0 Å². The van der Waals surface area contributed by atoms with E-state index in [1.54, 1.807) is 0 Å². The van der Waals surface area contributed by atoms with Gasteiger partial charge in [-0.2, -0.15) is 0 Å². The lowest BCUT2D eigenvalue weighted by Crippen LogP contribution is -2.31. The summed E-state index contributed by atoms with van der Waals surface area (Å²) in [6, 6.07) is 5.71. The highest BCUT2D eigenvalue weighted by Gasteiger charge is 2.33. The van der Waals surface area contributed by atoms with E-state index in [-0.39, 0.29) is 12.8 Å². The van der Waals surface area contributed by atoms with E-state index in [1.807, 2.05) is 18.2 Å². The van der Waals surface area contributed by atoms with Crippen molar-refractivity contribution < 1.29 is 24.1 Å². The summed E-state index contributed by atoms with van der Waals surface area (Å²) in [5.74, 6) is -1.01. The van der Waals surface area contributed by atoms with Crippen LogP contribution in [0.25, 0.3) is 0 Å². The van der Waals surface area contributed by atoms with E-state index in [9.17, 15) is 4.79 Å². The molecule has 1 aliphatic heterocycles. The van der Waals surface area contributed by atoms with Gasteiger partial charge in [0.2, 0.25) is 0 Å². The van der Waals surface area contributed by atoms with Gasteiger partial charge in [-0.25, -0.2) is 0 Å². The van der Waals surface area contributed by atoms with Crippen molar-refractivity contribution in [3.8, 4) is 5.75 Å². The molecule has 0 aliphatic carbocycles. The Morgan fingerprint density at radius 1 is 1.42 bits per heavy atom. The number of ether oxygens (including phenoxy) is 3. The lowest BCUT2D eigenvalue weighted by molar-refractivity contribution is -0.221. The number of carboxylic acids is 1. The van der Waals surface area contributed by atoms with Crippen molar-refractivity contribution >= 4 is 5.97 Å². The van der Waals surface area contributed by atoms with E-state index in [1.165, 1.54) is 14.2 Å². The first-order chi connectivity index (χ1) is 9.11. The van der Waals surface area contributed by atoms with Gasteiger partial charge in [0.05, 0.1) is 13.0 Å². The standard InChI is InChI=1S/C14H18O5/c1-17-14(18-2,7-5-13(15)16)11-3-4-12-10(9-11)6-8-19-12/h3-4,9H,5-8H2,1-2H3,(H,15,16). The Morgan fingerprint density at radius 2 is 2.16 bits per heavy atom. The van der Waals surface area contributed by atoms with Crippen molar-refractivity contribution in [2.45, 2.75) is 25.0 Å². The first kappa shape index (κ1) is 13.8. The number of hydrogen-bond donors (Lipinski definition) is 1. The molecule has 0 spiro atoms. The predicted molar refractivity (Wildman–Crippen MR) is 68.2 cm³/mol. The van der Waals surface area contributed by atoms with Gasteiger partial charge in [-0.1, -0.05) is 0 Å². The minimum Gasteiger partial charge on any atom is -0.493 e. The zero-order valence-corrected chi connectivity index (χ0v) is 11.1. The van der Waals surface area contributed by atoms with Crippen molar-refractivity contribution in [2.24, 2.45) is 0 Å². The van der Waals surface area contributed by atoms with Crippen molar-refractivity contribution in [3.63, 3.8) is 0 Å². The summed E-state index contributed by atoms with van der Waals surface area (Å²) in [7, 11) is 3.05. The molecule has 1 aromatic carbocycles. The third-order valence-corrected chi connectivity index (χ3v) is 3.46. The highest BCUT2D eigenvalue weighted by atomic mass is 16.7. The number of hydrogen-bond acceptors (Lipinski definition) is 4. The molecule has 0 fully saturated rings. The molecule has 0 saturated carbocycles. The Bertz CT molecular complexity index is 465. The minimum absolute atomic E-state index is 0.0186. The van der Waals surface area contributed by atoms with Crippen LogP contribution in [0.1, 0.15) is 24.0 Å². The quantitative estimate of drug-likeness (QED) is 0.797. The molecule has 0 aromatic heterocycles. The van der Waals surface area contributed by atoms with Crippen molar-refractivity contribution in [3.05, 3.63) is 29.3 Å². The molecular formula is C14H18O5. The fraction of sp³-hybridized carbons (Fsp3) is 0.500. The molecular weight excluding hydrogens is 248 g/mol. The summed E-state index contributed by atoms with van der Waals surface area (Å²) in [6.07, 6.45) is 1.09. The highest BCUT2D eigenvalue weighted by molar-refractivity contribution is 5.66. The van der Waals surface area contributed by atoms with E-state index in [0.29, 0.717) is 6.61 Å². The fourth-order valence-corrected chi connectivity index (χ4v) is 2.36. The van der Waals surface area contributed by atoms with Crippen LogP contribution in [0.4, 0.5) is 0 Å². The van der Waals surface area contributed by atoms with Crippen LogP contribution in [0.15, 0.2) is 18.2 Å². The molecule has 2 rings (SSSR count). The summed E-state index contributed by atoms with van der Waals surface area (Å²) in [5, 5.41) is 8.84. The van der Waals surface area contributed by atoms with E-state index in [4.69, 9.17) is 19.3 Å². The summed E-state index contributed by atoms with van der Waals surface area (Å²) in [4.78, 5) is 10.8. The van der Waals surface area contributed by atoms with Gasteiger partial charge in [0.1, 0.15) is 5.75 Å². The molecule has 0 amide bonds. The highest BCUT2D eigenvalue weighted by Crippen LogP contribution is 2.35. The van der Waals surface area contributed by atoms with Crippen LogP contribution in [-0.2, 0) is 26.5 Å². The van der Waals surface area contributed by atoms with Crippen LogP contribution in [0, 0.1) is 0 Å². The van der Waals surface area contributed by atoms with Crippen LogP contribution in [0.3, 0.4) is 0 Å². The zero-order chi connectivity index (χ0) is 13.9. The summed E-state index contributed by atoms with van der Waals surface area (Å²) < 4.78 is 16.4. The van der Waals surface area contributed by atoms with Crippen molar-refractivity contribution in [1.82, 2.24) is 0 Å². The van der Waals surface area contributed by atoms with Crippen LogP contribution in [-0.4, -0.2) is 31.9 Å². The topological polar surface area (TPSA) is 65.0 Å². The van der Waals surface area contributed by atoms with E-state index in [0.717, 1.165) is 23.3 Å². The van der Waals surface area contributed by atoms with Gasteiger partial charge < -0.3 is 19.3 Å². The molecule has 1 aromatic rings. The Morgan fingerprint density at radius 3 is 2.79 bits per heavy atom. The monoisotopic (exact) mass is 266 g/mol. The Kier molecular flexibility index (Phi) is 4.07. The molecule has 104 valence electrons. The molecule has 1 heterocycles. The van der Waals surface area contributed by atoms with Gasteiger partial charge >= 0.3 is 5.97 Å². The smallest absolute Gasteiger partial charge is 0.303 e. The third kappa shape index (κ3) is 2.72. The molecule has 0 atom stereocenters. The molecule has 0 saturated heterocycles. The first-order valence-electron chi connectivity index (χ1n) is 6.19. The second-order valence-corrected chi connectivity index (χ2v) is 4.48. The second kappa shape index (κ2) is 5.59. The van der Waals surface area contributed by atoms with Crippen molar-refractivity contribution in [2.75, 3.05) is 20.8 Å². The molecule has 0 unspecified atom stereocenters. The summed E-state index contributed by atoms with van der Waals surface area (Å²) in [6.45, 7) is 0.681. The maximum atomic E-state index is 10.8. The van der Waals surface area contributed by atoms with Gasteiger partial charge in [0, 0.05) is 32.6 Å². The largest absolute Gasteiger partial charge is 0.493 e. The van der Waals surface area contributed by atoms with E-state index in [2.05, 4.69) is 0 Å². The lowest BCUT2D eigenvalue weighted by Gasteiger charge is -2.31. The minimum atomic E-state index is -1.02. The fourth-order valence-electron chi connectivity index (χ4n) is 2.36. The van der Waals surface area contributed by atoms with Gasteiger partial charge in [-0.3, -0.25) is 4.79 Å². The first-order valence-corrected chi connectivity index (χ1v) is 6.19. The number of rotatable bonds is 6. The van der Waals surface area contributed by atoms with E-state index < -0.39 is 11.8 Å². The number of aliphatic carboxylic acids is 1. The number of carboxylic acid groups (broad SMARTS) is 1. The SMILES string of the molecule is COC(CCC(=O)O)(OC)c1ccc2c(c1)CCO2. The number of benzene rings is 1. The normalized spacial score (nSPS) is 14.0. The Hall–Kier alpha value is -1.59. The molecule has 19 heavy (non-hydrogen) atoms. The second-order valence-electron chi connectivity index (χ2n) is 4.48. The zero-order valence-electron chi connectivity index (χ0n) is 11.1. The van der Waals surface area contributed by atoms with Crippen LogP contribution >= 0.6 is 0 Å². The number of fused-ring (bicyclic) bond motifs is 1. The van der Waals surface area contributed by atoms with Crippen LogP contribution in [0.2, 0.25) is 0 Å². The summed E-state index contributed by atoms with van der Waals surface area (Å²) in [5.41, 5.74) is 1.93. The van der Waals surface area contributed by atoms with Gasteiger partial charge in [-0.15, -0.1) is 0 Å². The maximum absolute atomic E-state index is 10.8.